The second kappa shape index (κ2) is 7.87. The first-order valence-electron chi connectivity index (χ1n) is 6.82. The molecular weight excluding hydrogens is 483 g/mol. The normalized spacial score (nSPS) is 12.3. The van der Waals surface area contributed by atoms with Crippen LogP contribution in [-0.4, -0.2) is 17.8 Å². The van der Waals surface area contributed by atoms with Gasteiger partial charge in [0.25, 0.3) is 0 Å². The third-order valence-electron chi connectivity index (χ3n) is 3.15. The first-order chi connectivity index (χ1) is 10.8. The van der Waals surface area contributed by atoms with E-state index in [1.165, 1.54) is 17.2 Å². The van der Waals surface area contributed by atoms with Gasteiger partial charge in [-0.05, 0) is 88.3 Å². The molecule has 0 bridgehead atoms. The molecule has 0 fully saturated rings. The van der Waals surface area contributed by atoms with Crippen LogP contribution in [0.4, 0.5) is 20.2 Å². The van der Waals surface area contributed by atoms with Gasteiger partial charge in [0.2, 0.25) is 0 Å². The summed E-state index contributed by atoms with van der Waals surface area (Å²) in [5.41, 5.74) is 1.35. The molecule has 0 aliphatic heterocycles. The molecule has 2 aromatic carbocycles. The second-order valence-corrected chi connectivity index (χ2v) is 7.12. The monoisotopic (exact) mass is 497 g/mol. The summed E-state index contributed by atoms with van der Waals surface area (Å²) < 4.78 is 29.3. The zero-order chi connectivity index (χ0) is 17.1. The third kappa shape index (κ3) is 4.20. The molecule has 2 rings (SSSR count). The fourth-order valence-corrected chi connectivity index (χ4v) is 2.93. The molecule has 1 unspecified atom stereocenters. The standard InChI is InChI=1S/C16H15BrF2INO2/c1-9-7-11(20)3-5-13(9)21(23-10(2)8-22)14-6-4-12(17)15(18)16(14)19/h3-7,10,22H,8H2,1-2H3. The van der Waals surface area contributed by atoms with Crippen molar-refractivity contribution in [1.82, 2.24) is 0 Å². The van der Waals surface area contributed by atoms with Crippen LogP contribution >= 0.6 is 38.5 Å². The molecule has 0 aromatic heterocycles. The highest BCUT2D eigenvalue weighted by Crippen LogP contribution is 2.35. The molecule has 0 spiro atoms. The van der Waals surface area contributed by atoms with Gasteiger partial charge in [-0.2, -0.15) is 0 Å². The Kier molecular flexibility index (Phi) is 6.35. The number of aliphatic hydroxyl groups excluding tert-OH is 1. The van der Waals surface area contributed by atoms with Crippen LogP contribution < -0.4 is 5.06 Å². The zero-order valence-electron chi connectivity index (χ0n) is 12.5. The number of benzene rings is 2. The average molecular weight is 498 g/mol. The molecule has 3 nitrogen and oxygen atoms in total. The maximum atomic E-state index is 14.4. The van der Waals surface area contributed by atoms with Crippen molar-refractivity contribution in [3.8, 4) is 0 Å². The number of hydrogen-bond acceptors (Lipinski definition) is 3. The summed E-state index contributed by atoms with van der Waals surface area (Å²) in [6.45, 7) is 3.24. The Labute approximate surface area is 155 Å². The van der Waals surface area contributed by atoms with Crippen LogP contribution in [-0.2, 0) is 4.84 Å². The van der Waals surface area contributed by atoms with Crippen molar-refractivity contribution in [1.29, 1.82) is 0 Å². The van der Waals surface area contributed by atoms with Gasteiger partial charge in [-0.15, -0.1) is 0 Å². The Hall–Kier alpha value is -0.770. The van der Waals surface area contributed by atoms with Gasteiger partial charge in [0.1, 0.15) is 11.8 Å². The zero-order valence-corrected chi connectivity index (χ0v) is 16.2. The number of aliphatic hydroxyl groups is 1. The minimum Gasteiger partial charge on any atom is -0.394 e. The van der Waals surface area contributed by atoms with Gasteiger partial charge in [0.05, 0.1) is 16.8 Å². The van der Waals surface area contributed by atoms with Gasteiger partial charge in [-0.3, -0.25) is 4.84 Å². The molecule has 2 aromatic rings. The van der Waals surface area contributed by atoms with E-state index >= 15 is 0 Å². The first-order valence-corrected chi connectivity index (χ1v) is 8.69. The van der Waals surface area contributed by atoms with Crippen molar-refractivity contribution in [2.24, 2.45) is 0 Å². The fourth-order valence-electron chi connectivity index (χ4n) is 1.98. The van der Waals surface area contributed by atoms with E-state index < -0.39 is 17.7 Å². The number of hydrogen-bond donors (Lipinski definition) is 1. The molecule has 0 amide bonds. The molecule has 1 N–H and O–H groups in total. The lowest BCUT2D eigenvalue weighted by Crippen LogP contribution is -2.27. The van der Waals surface area contributed by atoms with Crippen molar-refractivity contribution < 1.29 is 18.7 Å². The second-order valence-electron chi connectivity index (χ2n) is 5.02. The number of anilines is 2. The lowest BCUT2D eigenvalue weighted by molar-refractivity contribution is 0.0238. The summed E-state index contributed by atoms with van der Waals surface area (Å²) in [6.07, 6.45) is -0.584. The highest BCUT2D eigenvalue weighted by Gasteiger charge is 2.22. The molecule has 1 atom stereocenters. The predicted octanol–water partition coefficient (Wildman–Crippen LogP) is 5.09. The first kappa shape index (κ1) is 18.6. The molecule has 0 heterocycles. The van der Waals surface area contributed by atoms with Crippen molar-refractivity contribution in [3.63, 3.8) is 0 Å². The summed E-state index contributed by atoms with van der Waals surface area (Å²) in [5, 5.41) is 10.5. The highest BCUT2D eigenvalue weighted by molar-refractivity contribution is 14.1. The van der Waals surface area contributed by atoms with Gasteiger partial charge >= 0.3 is 0 Å². The minimum absolute atomic E-state index is 0.0354. The SMILES string of the molecule is Cc1cc(I)ccc1N(OC(C)CO)c1ccc(Br)c(F)c1F. The Morgan fingerprint density at radius 2 is 1.87 bits per heavy atom. The molecule has 124 valence electrons. The Bertz CT molecular complexity index is 715. The summed E-state index contributed by atoms with van der Waals surface area (Å²) in [6, 6.07) is 8.35. The van der Waals surface area contributed by atoms with Crippen LogP contribution in [0.1, 0.15) is 12.5 Å². The molecule has 0 aliphatic rings. The van der Waals surface area contributed by atoms with Gasteiger partial charge < -0.3 is 5.11 Å². The number of nitrogens with zero attached hydrogens (tertiary/aromatic N) is 1. The Balaban J connectivity index is 2.57. The minimum atomic E-state index is -1.03. The van der Waals surface area contributed by atoms with E-state index in [0.717, 1.165) is 9.13 Å². The quantitative estimate of drug-likeness (QED) is 0.355. The van der Waals surface area contributed by atoms with Crippen LogP contribution in [0.15, 0.2) is 34.8 Å². The number of halogens is 4. The largest absolute Gasteiger partial charge is 0.394 e. The van der Waals surface area contributed by atoms with Crippen LogP contribution in [0.2, 0.25) is 0 Å². The smallest absolute Gasteiger partial charge is 0.186 e. The van der Waals surface area contributed by atoms with Gasteiger partial charge in [0.15, 0.2) is 11.6 Å². The number of aryl methyl sites for hydroxylation is 1. The fraction of sp³-hybridized carbons (Fsp3) is 0.250. The number of rotatable bonds is 5. The summed E-state index contributed by atoms with van der Waals surface area (Å²) in [4.78, 5) is 5.63. The molecule has 23 heavy (non-hydrogen) atoms. The molecule has 7 heteroatoms. The van der Waals surface area contributed by atoms with Crippen molar-refractivity contribution >= 4 is 49.9 Å². The van der Waals surface area contributed by atoms with Crippen molar-refractivity contribution in [2.75, 3.05) is 11.7 Å². The molecular formula is C16H15BrF2INO2. The molecule has 0 aliphatic carbocycles. The van der Waals surface area contributed by atoms with Gasteiger partial charge in [0, 0.05) is 3.57 Å². The Morgan fingerprint density at radius 1 is 1.22 bits per heavy atom. The van der Waals surface area contributed by atoms with Crippen LogP contribution in [0.25, 0.3) is 0 Å². The lowest BCUT2D eigenvalue weighted by Gasteiger charge is -2.28. The van der Waals surface area contributed by atoms with Crippen LogP contribution in [0.3, 0.4) is 0 Å². The van der Waals surface area contributed by atoms with E-state index in [0.29, 0.717) is 5.69 Å². The predicted molar refractivity (Wildman–Crippen MR) is 97.7 cm³/mol. The molecule has 0 radical (unpaired) electrons. The maximum Gasteiger partial charge on any atom is 0.186 e. The molecule has 0 saturated heterocycles. The van der Waals surface area contributed by atoms with Gasteiger partial charge in [-0.1, -0.05) is 0 Å². The van der Waals surface area contributed by atoms with E-state index in [2.05, 4.69) is 38.5 Å². The van der Waals surface area contributed by atoms with Crippen molar-refractivity contribution in [2.45, 2.75) is 20.0 Å². The highest BCUT2D eigenvalue weighted by atomic mass is 127. The van der Waals surface area contributed by atoms with Crippen molar-refractivity contribution in [3.05, 3.63) is 55.6 Å². The summed E-state index contributed by atoms with van der Waals surface area (Å²) >= 11 is 5.13. The van der Waals surface area contributed by atoms with E-state index in [1.54, 1.807) is 13.0 Å². The van der Waals surface area contributed by atoms with E-state index in [-0.39, 0.29) is 16.8 Å². The average Bonchev–Trinajstić information content (AvgIpc) is 2.51. The van der Waals surface area contributed by atoms with Crippen LogP contribution in [0.5, 0.6) is 0 Å². The van der Waals surface area contributed by atoms with Gasteiger partial charge in [-0.25, -0.2) is 13.8 Å². The van der Waals surface area contributed by atoms with E-state index in [9.17, 15) is 13.9 Å². The Morgan fingerprint density at radius 3 is 2.48 bits per heavy atom. The van der Waals surface area contributed by atoms with E-state index in [4.69, 9.17) is 4.84 Å². The lowest BCUT2D eigenvalue weighted by atomic mass is 10.2. The summed E-state index contributed by atoms with van der Waals surface area (Å²) in [7, 11) is 0. The van der Waals surface area contributed by atoms with Crippen LogP contribution in [0, 0.1) is 22.1 Å². The third-order valence-corrected chi connectivity index (χ3v) is 4.44. The topological polar surface area (TPSA) is 32.7 Å². The summed E-state index contributed by atoms with van der Waals surface area (Å²) in [5.74, 6) is -2.02. The van der Waals surface area contributed by atoms with E-state index in [1.807, 2.05) is 19.1 Å². The maximum absolute atomic E-state index is 14.4. The molecule has 0 saturated carbocycles.